The summed E-state index contributed by atoms with van der Waals surface area (Å²) in [5.74, 6) is -0.316. The van der Waals surface area contributed by atoms with E-state index < -0.39 is 28.5 Å². The van der Waals surface area contributed by atoms with Crippen molar-refractivity contribution in [1.82, 2.24) is 19.9 Å². The average Bonchev–Trinajstić information content (AvgIpc) is 2.87. The molecule has 37 heavy (non-hydrogen) atoms. The molecule has 2 aromatic carbocycles. The smallest absolute Gasteiger partial charge is 0.245 e. The molecule has 0 radical (unpaired) electrons. The summed E-state index contributed by atoms with van der Waals surface area (Å²) >= 11 is 0. The molecule has 1 aliphatic rings. The van der Waals surface area contributed by atoms with Gasteiger partial charge in [0, 0.05) is 31.1 Å². The first-order chi connectivity index (χ1) is 17.2. The van der Waals surface area contributed by atoms with E-state index >= 15 is 0 Å². The maximum Gasteiger partial charge on any atom is 0.245 e. The summed E-state index contributed by atoms with van der Waals surface area (Å²) < 4.78 is 27.5. The predicted molar refractivity (Wildman–Crippen MR) is 146 cm³/mol. The van der Waals surface area contributed by atoms with E-state index in [4.69, 9.17) is 5.73 Å². The van der Waals surface area contributed by atoms with Gasteiger partial charge in [-0.2, -0.15) is 0 Å². The third-order valence-electron chi connectivity index (χ3n) is 6.35. The SMILES string of the molecule is Cc1ccc(S(=O)(=O)NCC(=O)NC(Cc2ccc3c(N)nccc3c2)C(=O)N2CCCCC2)cc1.Cl. The van der Waals surface area contributed by atoms with E-state index in [0.29, 0.717) is 18.9 Å². The molecule has 4 N–H and O–H groups in total. The Morgan fingerprint density at radius 2 is 1.76 bits per heavy atom. The van der Waals surface area contributed by atoms with E-state index in [9.17, 15) is 18.0 Å². The number of sulfonamides is 1. The Morgan fingerprint density at radius 1 is 1.05 bits per heavy atom. The largest absolute Gasteiger partial charge is 0.383 e. The minimum Gasteiger partial charge on any atom is -0.383 e. The van der Waals surface area contributed by atoms with Gasteiger partial charge in [-0.3, -0.25) is 9.59 Å². The minimum absolute atomic E-state index is 0. The Morgan fingerprint density at radius 3 is 2.46 bits per heavy atom. The fourth-order valence-electron chi connectivity index (χ4n) is 4.35. The molecule has 0 saturated carbocycles. The van der Waals surface area contributed by atoms with Crippen LogP contribution < -0.4 is 15.8 Å². The number of nitrogen functional groups attached to an aromatic ring is 1. The lowest BCUT2D eigenvalue weighted by Gasteiger charge is -2.31. The molecule has 9 nitrogen and oxygen atoms in total. The van der Waals surface area contributed by atoms with Crippen molar-refractivity contribution in [3.05, 3.63) is 65.9 Å². The lowest BCUT2D eigenvalue weighted by molar-refractivity contribution is -0.137. The number of nitrogens with zero attached hydrogens (tertiary/aromatic N) is 2. The second kappa shape index (κ2) is 12.4. The summed E-state index contributed by atoms with van der Waals surface area (Å²) in [7, 11) is -3.86. The zero-order valence-corrected chi connectivity index (χ0v) is 22.3. The Hall–Kier alpha value is -3.21. The number of nitrogens with two attached hydrogens (primary N) is 1. The van der Waals surface area contributed by atoms with E-state index in [1.165, 1.54) is 12.1 Å². The zero-order chi connectivity index (χ0) is 25.7. The monoisotopic (exact) mass is 545 g/mol. The molecule has 1 fully saturated rings. The lowest BCUT2D eigenvalue weighted by atomic mass is 10.0. The van der Waals surface area contributed by atoms with Crippen molar-refractivity contribution in [3.8, 4) is 0 Å². The van der Waals surface area contributed by atoms with Crippen molar-refractivity contribution in [2.45, 2.75) is 43.5 Å². The average molecular weight is 546 g/mol. The summed E-state index contributed by atoms with van der Waals surface area (Å²) in [4.78, 5) is 32.1. The van der Waals surface area contributed by atoms with Crippen LogP contribution in [0, 0.1) is 6.92 Å². The second-order valence-corrected chi connectivity index (χ2v) is 10.9. The van der Waals surface area contributed by atoms with E-state index in [2.05, 4.69) is 15.0 Å². The van der Waals surface area contributed by atoms with Gasteiger partial charge in [-0.15, -0.1) is 12.4 Å². The molecule has 4 rings (SSSR count). The van der Waals surface area contributed by atoms with E-state index in [1.807, 2.05) is 31.2 Å². The third kappa shape index (κ3) is 7.18. The summed E-state index contributed by atoms with van der Waals surface area (Å²) in [5, 5.41) is 4.47. The number of hydrogen-bond acceptors (Lipinski definition) is 6. The van der Waals surface area contributed by atoms with Crippen LogP contribution in [0.25, 0.3) is 10.8 Å². The number of amides is 2. The fraction of sp³-hybridized carbons (Fsp3) is 0.346. The fourth-order valence-corrected chi connectivity index (χ4v) is 5.34. The van der Waals surface area contributed by atoms with Crippen LogP contribution in [0.2, 0.25) is 0 Å². The van der Waals surface area contributed by atoms with E-state index in [0.717, 1.165) is 41.2 Å². The van der Waals surface area contributed by atoms with Crippen LogP contribution in [0.5, 0.6) is 0 Å². The number of aryl methyl sites for hydroxylation is 1. The molecule has 1 saturated heterocycles. The highest BCUT2D eigenvalue weighted by Gasteiger charge is 2.28. The highest BCUT2D eigenvalue weighted by molar-refractivity contribution is 7.89. The summed E-state index contributed by atoms with van der Waals surface area (Å²) in [5.41, 5.74) is 7.73. The van der Waals surface area contributed by atoms with Gasteiger partial charge < -0.3 is 16.0 Å². The molecular weight excluding hydrogens is 514 g/mol. The van der Waals surface area contributed by atoms with Gasteiger partial charge in [0.1, 0.15) is 11.9 Å². The number of anilines is 1. The Labute approximate surface area is 223 Å². The Bertz CT molecular complexity index is 1360. The minimum atomic E-state index is -3.86. The quantitative estimate of drug-likeness (QED) is 0.398. The first-order valence-corrected chi connectivity index (χ1v) is 13.5. The van der Waals surface area contributed by atoms with Crippen molar-refractivity contribution in [1.29, 1.82) is 0 Å². The second-order valence-electron chi connectivity index (χ2n) is 9.10. The maximum atomic E-state index is 13.4. The van der Waals surface area contributed by atoms with Crippen LogP contribution in [-0.4, -0.2) is 55.8 Å². The number of aromatic nitrogens is 1. The standard InChI is InChI=1S/C26H31N5O4S.ClH/c1-18-5-8-21(9-6-18)36(34,35)29-17-24(32)30-23(26(33)31-13-3-2-4-14-31)16-19-7-10-22-20(15-19)11-12-28-25(22)27;/h5-12,15,23,29H,2-4,13-14,16-17H2,1H3,(H2,27,28)(H,30,32);1H. The van der Waals surface area contributed by atoms with Gasteiger partial charge in [0.15, 0.2) is 0 Å². The molecule has 2 heterocycles. The van der Waals surface area contributed by atoms with Crippen molar-refractivity contribution in [3.63, 3.8) is 0 Å². The van der Waals surface area contributed by atoms with Crippen molar-refractivity contribution < 1.29 is 18.0 Å². The number of pyridine rings is 1. The zero-order valence-electron chi connectivity index (χ0n) is 20.6. The number of rotatable bonds is 8. The molecule has 0 bridgehead atoms. The van der Waals surface area contributed by atoms with Crippen molar-refractivity contribution >= 4 is 50.8 Å². The van der Waals surface area contributed by atoms with Crippen LogP contribution in [0.3, 0.4) is 0 Å². The third-order valence-corrected chi connectivity index (χ3v) is 7.77. The Kier molecular flexibility index (Phi) is 9.47. The molecule has 1 unspecified atom stereocenters. The molecule has 1 aliphatic heterocycles. The summed E-state index contributed by atoms with van der Waals surface area (Å²) in [6.07, 6.45) is 4.81. The number of piperidine rings is 1. The van der Waals surface area contributed by atoms with Crippen LogP contribution in [0.1, 0.15) is 30.4 Å². The number of halogens is 1. The molecule has 1 atom stereocenters. The summed E-state index contributed by atoms with van der Waals surface area (Å²) in [6.45, 7) is 2.68. The molecular formula is C26H32ClN5O4S. The number of benzene rings is 2. The Balaban J connectivity index is 0.00000380. The van der Waals surface area contributed by atoms with Crippen LogP contribution in [0.15, 0.2) is 59.6 Å². The number of fused-ring (bicyclic) bond motifs is 1. The van der Waals surface area contributed by atoms with Gasteiger partial charge in [0.25, 0.3) is 0 Å². The molecule has 198 valence electrons. The van der Waals surface area contributed by atoms with Gasteiger partial charge in [0.05, 0.1) is 11.4 Å². The number of carbonyl (C=O) groups is 2. The van der Waals surface area contributed by atoms with Gasteiger partial charge >= 0.3 is 0 Å². The molecule has 0 aliphatic carbocycles. The molecule has 11 heteroatoms. The van der Waals surface area contributed by atoms with Crippen LogP contribution in [0.4, 0.5) is 5.82 Å². The molecule has 3 aromatic rings. The maximum absolute atomic E-state index is 13.4. The predicted octanol–water partition coefficient (Wildman–Crippen LogP) is 2.57. The molecule has 1 aromatic heterocycles. The topological polar surface area (TPSA) is 134 Å². The first kappa shape index (κ1) is 28.4. The number of hydrogen-bond donors (Lipinski definition) is 3. The van der Waals surface area contributed by atoms with Gasteiger partial charge in [0.2, 0.25) is 21.8 Å². The molecule has 0 spiro atoms. The highest BCUT2D eigenvalue weighted by Crippen LogP contribution is 2.21. The van der Waals surface area contributed by atoms with Crippen LogP contribution in [-0.2, 0) is 26.0 Å². The van der Waals surface area contributed by atoms with Gasteiger partial charge in [-0.05, 0) is 55.3 Å². The number of likely N-dealkylation sites (tertiary alicyclic amines) is 1. The normalized spacial score (nSPS) is 14.6. The van der Waals surface area contributed by atoms with Gasteiger partial charge in [-0.1, -0.05) is 35.9 Å². The van der Waals surface area contributed by atoms with Gasteiger partial charge in [-0.25, -0.2) is 18.1 Å². The first-order valence-electron chi connectivity index (χ1n) is 12.0. The van der Waals surface area contributed by atoms with Crippen molar-refractivity contribution in [2.24, 2.45) is 0 Å². The highest BCUT2D eigenvalue weighted by atomic mass is 35.5. The van der Waals surface area contributed by atoms with E-state index in [-0.39, 0.29) is 29.6 Å². The van der Waals surface area contributed by atoms with Crippen LogP contribution >= 0.6 is 12.4 Å². The van der Waals surface area contributed by atoms with E-state index in [1.54, 1.807) is 23.2 Å². The molecule has 2 amide bonds. The van der Waals surface area contributed by atoms with Crippen molar-refractivity contribution in [2.75, 3.05) is 25.4 Å². The number of carbonyl (C=O) groups excluding carboxylic acids is 2. The number of nitrogens with one attached hydrogen (secondary N) is 2. The lowest BCUT2D eigenvalue weighted by Crippen LogP contribution is -2.52. The summed E-state index contributed by atoms with van der Waals surface area (Å²) in [6, 6.07) is 13.0.